The van der Waals surface area contributed by atoms with E-state index in [9.17, 15) is 4.79 Å². The number of carboxylic acids is 1. The van der Waals surface area contributed by atoms with Crippen LogP contribution in [0.4, 0.5) is 0 Å². The molecular formula is C6H16Cl2N2O2. The van der Waals surface area contributed by atoms with E-state index in [0.717, 1.165) is 0 Å². The molecule has 0 rings (SSSR count). The zero-order chi connectivity index (χ0) is 8.20. The van der Waals surface area contributed by atoms with Gasteiger partial charge in [-0.2, -0.15) is 0 Å². The molecule has 0 saturated carbocycles. The zero-order valence-electron chi connectivity index (χ0n) is 6.95. The van der Waals surface area contributed by atoms with Crippen molar-refractivity contribution >= 4 is 30.8 Å². The van der Waals surface area contributed by atoms with Crippen molar-refractivity contribution in [1.29, 1.82) is 0 Å². The van der Waals surface area contributed by atoms with Gasteiger partial charge in [-0.3, -0.25) is 4.79 Å². The van der Waals surface area contributed by atoms with Crippen LogP contribution in [0.5, 0.6) is 0 Å². The summed E-state index contributed by atoms with van der Waals surface area (Å²) in [5.74, 6) is -0.802. The van der Waals surface area contributed by atoms with Crippen molar-refractivity contribution in [1.82, 2.24) is 0 Å². The predicted octanol–water partition coefficient (Wildman–Crippen LogP) is 0.719. The third kappa shape index (κ3) is 16.5. The first-order valence-electron chi connectivity index (χ1n) is 3.21. The molecule has 0 aliphatic rings. The van der Waals surface area contributed by atoms with Crippen LogP contribution in [0, 0.1) is 0 Å². The van der Waals surface area contributed by atoms with Gasteiger partial charge in [-0.1, -0.05) is 0 Å². The summed E-state index contributed by atoms with van der Waals surface area (Å²) in [5.41, 5.74) is 10.1. The highest BCUT2D eigenvalue weighted by molar-refractivity contribution is 5.85. The van der Waals surface area contributed by atoms with E-state index in [-0.39, 0.29) is 31.2 Å². The van der Waals surface area contributed by atoms with Gasteiger partial charge in [0.15, 0.2) is 0 Å². The molecule has 0 aliphatic heterocycles. The Kier molecular flexibility index (Phi) is 11.4. The van der Waals surface area contributed by atoms with E-state index < -0.39 is 11.6 Å². The molecule has 0 aromatic carbocycles. The summed E-state index contributed by atoms with van der Waals surface area (Å²) in [5, 5.41) is 8.23. The largest absolute Gasteiger partial charge is 0.481 e. The fourth-order valence-electron chi connectivity index (χ4n) is 0.621. The standard InChI is InChI=1S/C6H14N2O2.2ClH/c1-6(7,8)4-2-3-5(9)10;;/h2-4,7-8H2,1H3,(H,9,10);2*1H. The Morgan fingerprint density at radius 1 is 1.42 bits per heavy atom. The zero-order valence-corrected chi connectivity index (χ0v) is 8.58. The highest BCUT2D eigenvalue weighted by atomic mass is 35.5. The van der Waals surface area contributed by atoms with Gasteiger partial charge in [0.05, 0.1) is 5.66 Å². The number of hydrogen-bond acceptors (Lipinski definition) is 3. The maximum Gasteiger partial charge on any atom is 0.303 e. The van der Waals surface area contributed by atoms with Gasteiger partial charge in [-0.05, 0) is 19.8 Å². The Balaban J connectivity index is -0.000000405. The second-order valence-electron chi connectivity index (χ2n) is 2.75. The van der Waals surface area contributed by atoms with Gasteiger partial charge >= 0.3 is 5.97 Å². The van der Waals surface area contributed by atoms with Crippen LogP contribution in [0.15, 0.2) is 0 Å². The van der Waals surface area contributed by atoms with Gasteiger partial charge in [0.2, 0.25) is 0 Å². The number of carboxylic acid groups (broad SMARTS) is 1. The average Bonchev–Trinajstić information content (AvgIpc) is 1.59. The average molecular weight is 219 g/mol. The van der Waals surface area contributed by atoms with E-state index in [4.69, 9.17) is 16.6 Å². The first-order valence-corrected chi connectivity index (χ1v) is 3.21. The van der Waals surface area contributed by atoms with Crippen molar-refractivity contribution in [3.05, 3.63) is 0 Å². The van der Waals surface area contributed by atoms with Crippen LogP contribution in [-0.2, 0) is 4.79 Å². The number of rotatable bonds is 4. The van der Waals surface area contributed by atoms with E-state index in [0.29, 0.717) is 12.8 Å². The van der Waals surface area contributed by atoms with Crippen LogP contribution >= 0.6 is 24.8 Å². The number of nitrogens with two attached hydrogens (primary N) is 2. The van der Waals surface area contributed by atoms with Crippen molar-refractivity contribution in [3.63, 3.8) is 0 Å². The first kappa shape index (κ1) is 17.9. The van der Waals surface area contributed by atoms with Gasteiger partial charge in [-0.25, -0.2) is 0 Å². The second-order valence-corrected chi connectivity index (χ2v) is 2.75. The summed E-state index contributed by atoms with van der Waals surface area (Å²) in [7, 11) is 0. The molecule has 0 unspecified atom stereocenters. The molecule has 0 amide bonds. The maximum absolute atomic E-state index is 10.0. The van der Waals surface area contributed by atoms with E-state index in [1.165, 1.54) is 0 Å². The molecule has 5 N–H and O–H groups in total. The molecule has 12 heavy (non-hydrogen) atoms. The molecular weight excluding hydrogens is 203 g/mol. The van der Waals surface area contributed by atoms with Crippen molar-refractivity contribution in [3.8, 4) is 0 Å². The SMILES string of the molecule is CC(N)(N)CCCC(=O)O.Cl.Cl. The smallest absolute Gasteiger partial charge is 0.303 e. The topological polar surface area (TPSA) is 89.3 Å². The summed E-state index contributed by atoms with van der Waals surface area (Å²) in [4.78, 5) is 10.0. The van der Waals surface area contributed by atoms with Crippen molar-refractivity contribution in [2.45, 2.75) is 31.8 Å². The number of halogens is 2. The minimum Gasteiger partial charge on any atom is -0.481 e. The molecule has 0 spiro atoms. The molecule has 0 aromatic rings. The maximum atomic E-state index is 10.0. The van der Waals surface area contributed by atoms with Gasteiger partial charge in [0, 0.05) is 6.42 Å². The van der Waals surface area contributed by atoms with Crippen LogP contribution in [0.25, 0.3) is 0 Å². The van der Waals surface area contributed by atoms with E-state index >= 15 is 0 Å². The molecule has 0 aliphatic carbocycles. The molecule has 0 radical (unpaired) electrons. The molecule has 0 saturated heterocycles. The van der Waals surface area contributed by atoms with E-state index in [1.807, 2.05) is 0 Å². The van der Waals surface area contributed by atoms with Crippen molar-refractivity contribution < 1.29 is 9.90 Å². The summed E-state index contributed by atoms with van der Waals surface area (Å²) in [6, 6.07) is 0. The normalized spacial score (nSPS) is 9.58. The van der Waals surface area contributed by atoms with E-state index in [1.54, 1.807) is 6.92 Å². The van der Waals surface area contributed by atoms with Gasteiger partial charge < -0.3 is 16.6 Å². The fourth-order valence-corrected chi connectivity index (χ4v) is 0.621. The number of aliphatic carboxylic acids is 1. The first-order chi connectivity index (χ1) is 4.42. The van der Waals surface area contributed by atoms with E-state index in [2.05, 4.69) is 0 Å². The minimum atomic E-state index is -0.802. The number of hydrogen-bond donors (Lipinski definition) is 3. The lowest BCUT2D eigenvalue weighted by Gasteiger charge is -2.16. The Morgan fingerprint density at radius 3 is 2.08 bits per heavy atom. The molecule has 0 fully saturated rings. The monoisotopic (exact) mass is 218 g/mol. The molecule has 0 atom stereocenters. The molecule has 6 heteroatoms. The summed E-state index contributed by atoms with van der Waals surface area (Å²) in [6.45, 7) is 1.68. The van der Waals surface area contributed by atoms with Crippen LogP contribution in [0.1, 0.15) is 26.2 Å². The van der Waals surface area contributed by atoms with Gasteiger partial charge in [-0.15, -0.1) is 24.8 Å². The highest BCUT2D eigenvalue weighted by Gasteiger charge is 2.10. The number of carbonyl (C=O) groups is 1. The Labute approximate surface area is 84.5 Å². The third-order valence-corrected chi connectivity index (χ3v) is 1.11. The predicted molar refractivity (Wildman–Crippen MR) is 52.8 cm³/mol. The lowest BCUT2D eigenvalue weighted by molar-refractivity contribution is -0.137. The summed E-state index contributed by atoms with van der Waals surface area (Å²) in [6.07, 6.45) is 1.22. The summed E-state index contributed by atoms with van der Waals surface area (Å²) < 4.78 is 0. The van der Waals surface area contributed by atoms with Crippen molar-refractivity contribution in [2.24, 2.45) is 11.5 Å². The molecule has 4 nitrogen and oxygen atoms in total. The van der Waals surface area contributed by atoms with Crippen LogP contribution in [0.2, 0.25) is 0 Å². The molecule has 76 valence electrons. The Bertz CT molecular complexity index is 125. The van der Waals surface area contributed by atoms with Crippen LogP contribution in [-0.4, -0.2) is 16.7 Å². The molecule has 0 bridgehead atoms. The second kappa shape index (κ2) is 7.61. The Morgan fingerprint density at radius 2 is 1.83 bits per heavy atom. The lowest BCUT2D eigenvalue weighted by Crippen LogP contribution is -2.45. The summed E-state index contributed by atoms with van der Waals surface area (Å²) >= 11 is 0. The van der Waals surface area contributed by atoms with Crippen molar-refractivity contribution in [2.75, 3.05) is 0 Å². The molecule has 0 heterocycles. The quantitative estimate of drug-likeness (QED) is 0.607. The van der Waals surface area contributed by atoms with Gasteiger partial charge in [0.25, 0.3) is 0 Å². The highest BCUT2D eigenvalue weighted by Crippen LogP contribution is 2.03. The minimum absolute atomic E-state index is 0. The van der Waals surface area contributed by atoms with Crippen LogP contribution in [0.3, 0.4) is 0 Å². The lowest BCUT2D eigenvalue weighted by atomic mass is 10.1. The Hall–Kier alpha value is -0.0300. The third-order valence-electron chi connectivity index (χ3n) is 1.11. The van der Waals surface area contributed by atoms with Crippen LogP contribution < -0.4 is 11.5 Å². The fraction of sp³-hybridized carbons (Fsp3) is 0.833. The molecule has 0 aromatic heterocycles. The van der Waals surface area contributed by atoms with Gasteiger partial charge in [0.1, 0.15) is 0 Å².